The molecule has 3 N–H and O–H groups in total. The highest BCUT2D eigenvalue weighted by Gasteiger charge is 2.17. The largest absolute Gasteiger partial charge is 0.444 e. The molecule has 7 heteroatoms. The van der Waals surface area contributed by atoms with E-state index in [1.807, 2.05) is 24.3 Å². The number of carbonyl (C=O) groups excluding carboxylic acids is 2. The van der Waals surface area contributed by atoms with Gasteiger partial charge in [-0.15, -0.1) is 0 Å². The van der Waals surface area contributed by atoms with E-state index in [1.54, 1.807) is 19.2 Å². The maximum atomic E-state index is 12.0. The molecule has 2 aromatic rings. The lowest BCUT2D eigenvalue weighted by molar-refractivity contribution is -0.121. The number of nitrogens with two attached hydrogens (primary N) is 1. The van der Waals surface area contributed by atoms with Gasteiger partial charge in [-0.25, -0.2) is 0 Å². The summed E-state index contributed by atoms with van der Waals surface area (Å²) in [5, 5.41) is 2.78. The summed E-state index contributed by atoms with van der Waals surface area (Å²) >= 11 is 3.14. The molecule has 0 saturated carbocycles. The number of rotatable bonds is 6. The molecule has 1 heterocycles. The summed E-state index contributed by atoms with van der Waals surface area (Å²) < 4.78 is 5.65. The smallest absolute Gasteiger partial charge is 0.289 e. The number of nitrogen functional groups attached to an aromatic ring is 1. The molecule has 6 nitrogen and oxygen atoms in total. The van der Waals surface area contributed by atoms with Crippen LogP contribution in [0.5, 0.6) is 0 Å². The van der Waals surface area contributed by atoms with Crippen LogP contribution in [0.2, 0.25) is 0 Å². The van der Waals surface area contributed by atoms with Crippen molar-refractivity contribution in [2.45, 2.75) is 6.42 Å². The molecular weight excluding hydrogens is 362 g/mol. The molecule has 0 saturated heterocycles. The van der Waals surface area contributed by atoms with Gasteiger partial charge in [0.2, 0.25) is 5.91 Å². The van der Waals surface area contributed by atoms with Crippen LogP contribution in [0.25, 0.3) is 0 Å². The number of carbonyl (C=O) groups is 2. The number of hydrogen-bond acceptors (Lipinski definition) is 4. The Morgan fingerprint density at radius 3 is 2.52 bits per heavy atom. The first-order chi connectivity index (χ1) is 11.0. The predicted octanol–water partition coefficient (Wildman–Crippen LogP) is 2.06. The van der Waals surface area contributed by atoms with Gasteiger partial charge < -0.3 is 20.4 Å². The molecule has 2 rings (SSSR count). The molecule has 0 aliphatic carbocycles. The molecule has 0 bridgehead atoms. The molecule has 0 radical (unpaired) electrons. The van der Waals surface area contributed by atoms with E-state index in [0.717, 1.165) is 5.56 Å². The van der Waals surface area contributed by atoms with Crippen molar-refractivity contribution in [3.8, 4) is 0 Å². The zero-order valence-corrected chi connectivity index (χ0v) is 14.3. The fourth-order valence-electron chi connectivity index (χ4n) is 1.99. The summed E-state index contributed by atoms with van der Waals surface area (Å²) in [5.41, 5.74) is 7.42. The van der Waals surface area contributed by atoms with Crippen LogP contribution in [-0.2, 0) is 11.2 Å². The van der Waals surface area contributed by atoms with Gasteiger partial charge in [0, 0.05) is 19.3 Å². The molecule has 0 spiro atoms. The SMILES string of the molecule is CN(CC(=O)NCCc1ccc(N)cc1)C(=O)c1ccc(Br)o1. The molecular formula is C16H18BrN3O3. The van der Waals surface area contributed by atoms with E-state index in [9.17, 15) is 9.59 Å². The van der Waals surface area contributed by atoms with E-state index in [1.165, 1.54) is 4.90 Å². The van der Waals surface area contributed by atoms with E-state index in [4.69, 9.17) is 10.2 Å². The first-order valence-corrected chi connectivity index (χ1v) is 7.87. The van der Waals surface area contributed by atoms with Gasteiger partial charge >= 0.3 is 0 Å². The quantitative estimate of drug-likeness (QED) is 0.751. The maximum absolute atomic E-state index is 12.0. The predicted molar refractivity (Wildman–Crippen MR) is 90.9 cm³/mol. The maximum Gasteiger partial charge on any atom is 0.289 e. The van der Waals surface area contributed by atoms with Gasteiger partial charge in [0.1, 0.15) is 0 Å². The number of amides is 2. The zero-order valence-electron chi connectivity index (χ0n) is 12.7. The lowest BCUT2D eigenvalue weighted by atomic mass is 10.1. The van der Waals surface area contributed by atoms with E-state index in [-0.39, 0.29) is 24.1 Å². The first kappa shape index (κ1) is 17.1. The van der Waals surface area contributed by atoms with Gasteiger partial charge in [0.05, 0.1) is 6.54 Å². The third-order valence-electron chi connectivity index (χ3n) is 3.23. The molecule has 122 valence electrons. The second-order valence-electron chi connectivity index (χ2n) is 5.11. The number of hydrogen-bond donors (Lipinski definition) is 2. The number of likely N-dealkylation sites (N-methyl/N-ethyl adjacent to an activating group) is 1. The molecule has 1 aromatic heterocycles. The van der Waals surface area contributed by atoms with Crippen LogP contribution in [0, 0.1) is 0 Å². The third-order valence-corrected chi connectivity index (χ3v) is 3.65. The summed E-state index contributed by atoms with van der Waals surface area (Å²) in [6, 6.07) is 10.7. The van der Waals surface area contributed by atoms with Crippen molar-refractivity contribution in [2.24, 2.45) is 0 Å². The van der Waals surface area contributed by atoms with Crippen LogP contribution in [0.4, 0.5) is 5.69 Å². The van der Waals surface area contributed by atoms with Crippen LogP contribution in [0.15, 0.2) is 45.5 Å². The lowest BCUT2D eigenvalue weighted by Gasteiger charge is -2.15. The Morgan fingerprint density at radius 2 is 1.91 bits per heavy atom. The van der Waals surface area contributed by atoms with Crippen LogP contribution in [0.1, 0.15) is 16.1 Å². The summed E-state index contributed by atoms with van der Waals surface area (Å²) in [4.78, 5) is 25.2. The number of anilines is 1. The zero-order chi connectivity index (χ0) is 16.8. The Balaban J connectivity index is 1.75. The van der Waals surface area contributed by atoms with Crippen LogP contribution >= 0.6 is 15.9 Å². The molecule has 0 aliphatic rings. The van der Waals surface area contributed by atoms with E-state index in [0.29, 0.717) is 23.3 Å². The average molecular weight is 380 g/mol. The van der Waals surface area contributed by atoms with Crippen LogP contribution in [0.3, 0.4) is 0 Å². The molecule has 0 unspecified atom stereocenters. The van der Waals surface area contributed by atoms with Gasteiger partial charge in [0.25, 0.3) is 5.91 Å². The highest BCUT2D eigenvalue weighted by atomic mass is 79.9. The highest BCUT2D eigenvalue weighted by Crippen LogP contribution is 2.15. The average Bonchev–Trinajstić information content (AvgIpc) is 2.95. The first-order valence-electron chi connectivity index (χ1n) is 7.07. The minimum absolute atomic E-state index is 0.0289. The van der Waals surface area contributed by atoms with Crippen LogP contribution < -0.4 is 11.1 Å². The Morgan fingerprint density at radius 1 is 1.22 bits per heavy atom. The molecule has 0 aliphatic heterocycles. The second-order valence-corrected chi connectivity index (χ2v) is 5.89. The second kappa shape index (κ2) is 7.82. The van der Waals surface area contributed by atoms with Crippen molar-refractivity contribution in [1.29, 1.82) is 0 Å². The standard InChI is InChI=1S/C16H18BrN3O3/c1-20(16(22)13-6-7-14(17)23-13)10-15(21)19-9-8-11-2-4-12(18)5-3-11/h2-7H,8-10,18H2,1H3,(H,19,21). The monoisotopic (exact) mass is 379 g/mol. The topological polar surface area (TPSA) is 88.6 Å². The fourth-order valence-corrected chi connectivity index (χ4v) is 2.30. The van der Waals surface area contributed by atoms with Gasteiger partial charge in [-0.05, 0) is 52.2 Å². The third kappa shape index (κ3) is 5.14. The van der Waals surface area contributed by atoms with Gasteiger partial charge in [0.15, 0.2) is 10.4 Å². The van der Waals surface area contributed by atoms with E-state index >= 15 is 0 Å². The molecule has 2 amide bonds. The summed E-state index contributed by atoms with van der Waals surface area (Å²) in [6.07, 6.45) is 0.703. The Kier molecular flexibility index (Phi) is 5.81. The number of nitrogens with one attached hydrogen (secondary N) is 1. The lowest BCUT2D eigenvalue weighted by Crippen LogP contribution is -2.38. The number of furan rings is 1. The van der Waals surface area contributed by atoms with Crippen molar-refractivity contribution in [3.63, 3.8) is 0 Å². The summed E-state index contributed by atoms with van der Waals surface area (Å²) in [6.45, 7) is 0.468. The van der Waals surface area contributed by atoms with Crippen LogP contribution in [-0.4, -0.2) is 36.9 Å². The van der Waals surface area contributed by atoms with E-state index < -0.39 is 0 Å². The number of benzene rings is 1. The highest BCUT2D eigenvalue weighted by molar-refractivity contribution is 9.10. The Hall–Kier alpha value is -2.28. The van der Waals surface area contributed by atoms with Gasteiger partial charge in [-0.2, -0.15) is 0 Å². The minimum Gasteiger partial charge on any atom is -0.444 e. The number of nitrogens with zero attached hydrogens (tertiary/aromatic N) is 1. The van der Waals surface area contributed by atoms with Crippen molar-refractivity contribution < 1.29 is 14.0 Å². The van der Waals surface area contributed by atoms with Gasteiger partial charge in [-0.1, -0.05) is 12.1 Å². The molecule has 1 aromatic carbocycles. The Labute approximate surface area is 142 Å². The van der Waals surface area contributed by atoms with Crippen molar-refractivity contribution >= 4 is 33.4 Å². The Bertz CT molecular complexity index is 682. The van der Waals surface area contributed by atoms with Crippen molar-refractivity contribution in [3.05, 3.63) is 52.4 Å². The molecule has 0 atom stereocenters. The summed E-state index contributed by atoms with van der Waals surface area (Å²) in [7, 11) is 1.55. The van der Waals surface area contributed by atoms with Crippen molar-refractivity contribution in [2.75, 3.05) is 25.9 Å². The molecule has 0 fully saturated rings. The normalized spacial score (nSPS) is 10.3. The van der Waals surface area contributed by atoms with Gasteiger partial charge in [-0.3, -0.25) is 9.59 Å². The van der Waals surface area contributed by atoms with Crippen molar-refractivity contribution in [1.82, 2.24) is 10.2 Å². The fraction of sp³-hybridized carbons (Fsp3) is 0.250. The van der Waals surface area contributed by atoms with E-state index in [2.05, 4.69) is 21.2 Å². The minimum atomic E-state index is -0.343. The summed E-state index contributed by atoms with van der Waals surface area (Å²) in [5.74, 6) is -0.375. The molecule has 23 heavy (non-hydrogen) atoms. The number of halogens is 1.